The number of hydrogen-bond donors (Lipinski definition) is 0. The van der Waals surface area contributed by atoms with Crippen LogP contribution in [0.4, 0.5) is 0 Å². The highest BCUT2D eigenvalue weighted by molar-refractivity contribution is 6.39. The molecule has 0 N–H and O–H groups in total. The molecule has 0 amide bonds. The molecule has 45 heavy (non-hydrogen) atoms. The van der Waals surface area contributed by atoms with Gasteiger partial charge >= 0.3 is 0 Å². The van der Waals surface area contributed by atoms with Crippen LogP contribution in [0.25, 0.3) is 54.1 Å². The summed E-state index contributed by atoms with van der Waals surface area (Å²) >= 11 is 0. The Bertz CT molecular complexity index is 1620. The molecule has 0 saturated carbocycles. The lowest BCUT2D eigenvalue weighted by Gasteiger charge is -2.20. The molecular formula is C44H59N. The second-order valence-electron chi connectivity index (χ2n) is 14.4. The van der Waals surface area contributed by atoms with Crippen LogP contribution < -0.4 is 0 Å². The number of nitrogens with zero attached hydrogens (tertiary/aromatic N) is 1. The quantitative estimate of drug-likeness (QED) is 0.0414. The highest BCUT2D eigenvalue weighted by Crippen LogP contribution is 2.46. The zero-order valence-electron chi connectivity index (χ0n) is 28.6. The molecule has 1 nitrogen and oxygen atoms in total. The zero-order chi connectivity index (χ0) is 30.8. The fourth-order valence-electron chi connectivity index (χ4n) is 8.54. The van der Waals surface area contributed by atoms with E-state index in [0.717, 1.165) is 12.5 Å². The van der Waals surface area contributed by atoms with Gasteiger partial charge in [-0.05, 0) is 63.2 Å². The minimum Gasteiger partial charge on any atom is -0.340 e. The fraction of sp³-hybridized carbons (Fsp3) is 0.545. The van der Waals surface area contributed by atoms with Crippen molar-refractivity contribution in [2.45, 2.75) is 149 Å². The number of rotatable bonds is 22. The monoisotopic (exact) mass is 601 g/mol. The van der Waals surface area contributed by atoms with Crippen LogP contribution in [-0.2, 0) is 6.54 Å². The van der Waals surface area contributed by atoms with Crippen molar-refractivity contribution in [3.05, 3.63) is 60.7 Å². The Morgan fingerprint density at radius 2 is 0.822 bits per heavy atom. The average molecular weight is 602 g/mol. The van der Waals surface area contributed by atoms with Crippen LogP contribution in [-0.4, -0.2) is 4.57 Å². The van der Waals surface area contributed by atoms with E-state index in [4.69, 9.17) is 0 Å². The normalized spacial score (nSPS) is 13.1. The smallest absolute Gasteiger partial charge is 0.0498 e. The third kappa shape index (κ3) is 7.29. The predicted molar refractivity (Wildman–Crippen MR) is 202 cm³/mol. The third-order valence-electron chi connectivity index (χ3n) is 11.0. The van der Waals surface area contributed by atoms with Crippen molar-refractivity contribution in [2.75, 3.05) is 0 Å². The molecule has 0 aliphatic rings. The summed E-state index contributed by atoms with van der Waals surface area (Å²) < 4.78 is 2.74. The highest BCUT2D eigenvalue weighted by atomic mass is 15.0. The Hall–Kier alpha value is -2.80. The molecule has 5 aromatic carbocycles. The molecule has 6 aromatic rings. The number of unbranched alkanes of at least 4 members (excludes halogenated alkanes) is 16. The van der Waals surface area contributed by atoms with Crippen LogP contribution >= 0.6 is 0 Å². The Morgan fingerprint density at radius 1 is 0.422 bits per heavy atom. The van der Waals surface area contributed by atoms with Crippen LogP contribution in [0.5, 0.6) is 0 Å². The van der Waals surface area contributed by atoms with E-state index in [1.165, 1.54) is 183 Å². The van der Waals surface area contributed by atoms with Crippen LogP contribution in [0, 0.1) is 5.92 Å². The summed E-state index contributed by atoms with van der Waals surface area (Å²) in [7, 11) is 0. The molecular weight excluding hydrogens is 542 g/mol. The summed E-state index contributed by atoms with van der Waals surface area (Å²) in [5, 5.41) is 11.6. The van der Waals surface area contributed by atoms with Crippen LogP contribution in [0.1, 0.15) is 142 Å². The third-order valence-corrected chi connectivity index (χ3v) is 11.0. The van der Waals surface area contributed by atoms with E-state index in [-0.39, 0.29) is 0 Å². The van der Waals surface area contributed by atoms with Gasteiger partial charge in [-0.25, -0.2) is 0 Å². The van der Waals surface area contributed by atoms with Gasteiger partial charge in [-0.3, -0.25) is 0 Å². The minimum atomic E-state index is 0.760. The lowest BCUT2D eigenvalue weighted by molar-refractivity contribution is 0.364. The van der Waals surface area contributed by atoms with E-state index in [1.54, 1.807) is 0 Å². The van der Waals surface area contributed by atoms with E-state index < -0.39 is 0 Å². The van der Waals surface area contributed by atoms with E-state index >= 15 is 0 Å². The molecule has 0 spiro atoms. The van der Waals surface area contributed by atoms with Gasteiger partial charge < -0.3 is 4.57 Å². The first kappa shape index (κ1) is 32.2. The largest absolute Gasteiger partial charge is 0.340 e. The van der Waals surface area contributed by atoms with Gasteiger partial charge in [-0.1, -0.05) is 178 Å². The number of aromatic nitrogens is 1. The van der Waals surface area contributed by atoms with Crippen molar-refractivity contribution < 1.29 is 0 Å². The van der Waals surface area contributed by atoms with E-state index in [9.17, 15) is 0 Å². The summed E-state index contributed by atoms with van der Waals surface area (Å²) in [6, 6.07) is 23.5. The maximum atomic E-state index is 2.74. The summed E-state index contributed by atoms with van der Waals surface area (Å²) in [6.07, 6.45) is 28.3. The van der Waals surface area contributed by atoms with Gasteiger partial charge in [0.1, 0.15) is 0 Å². The first-order chi connectivity index (χ1) is 22.3. The molecule has 0 aliphatic carbocycles. The molecule has 0 aliphatic heterocycles. The lowest BCUT2D eigenvalue weighted by atomic mass is 9.90. The predicted octanol–water partition coefficient (Wildman–Crippen LogP) is 14.6. The fourth-order valence-corrected chi connectivity index (χ4v) is 8.54. The molecule has 0 fully saturated rings. The first-order valence-corrected chi connectivity index (χ1v) is 19.2. The number of hydrogen-bond acceptors (Lipinski definition) is 0. The van der Waals surface area contributed by atoms with Crippen LogP contribution in [0.2, 0.25) is 0 Å². The van der Waals surface area contributed by atoms with Crippen molar-refractivity contribution in [2.24, 2.45) is 5.92 Å². The van der Waals surface area contributed by atoms with Crippen molar-refractivity contribution in [1.29, 1.82) is 0 Å². The molecule has 1 unspecified atom stereocenters. The topological polar surface area (TPSA) is 4.93 Å². The van der Waals surface area contributed by atoms with Gasteiger partial charge in [-0.15, -0.1) is 0 Å². The van der Waals surface area contributed by atoms with E-state index in [2.05, 4.69) is 79.1 Å². The Labute approximate surface area is 273 Å². The van der Waals surface area contributed by atoms with Gasteiger partial charge in [0.15, 0.2) is 0 Å². The van der Waals surface area contributed by atoms with Gasteiger partial charge in [0.2, 0.25) is 0 Å². The molecule has 1 heterocycles. The zero-order valence-corrected chi connectivity index (χ0v) is 28.6. The Kier molecular flexibility index (Phi) is 11.5. The van der Waals surface area contributed by atoms with E-state index in [1.807, 2.05) is 0 Å². The molecule has 1 aromatic heterocycles. The van der Waals surface area contributed by atoms with Crippen molar-refractivity contribution in [1.82, 2.24) is 4.57 Å². The molecule has 1 atom stereocenters. The lowest BCUT2D eigenvalue weighted by Crippen LogP contribution is -2.11. The molecule has 1 heteroatoms. The summed E-state index contributed by atoms with van der Waals surface area (Å²) in [5.41, 5.74) is 2.91. The second kappa shape index (κ2) is 16.2. The van der Waals surface area contributed by atoms with Gasteiger partial charge in [0.05, 0.1) is 0 Å². The molecule has 0 saturated heterocycles. The van der Waals surface area contributed by atoms with Crippen molar-refractivity contribution in [3.63, 3.8) is 0 Å². The Balaban J connectivity index is 1.19. The average Bonchev–Trinajstić information content (AvgIpc) is 3.40. The SMILES string of the molecule is CCCCCCCCCCCCC(CCCCCCCCCC)Cn1c2ccc3cccc4c5cccc6ccc1c(c65)c2c34. The molecule has 0 bridgehead atoms. The van der Waals surface area contributed by atoms with E-state index in [0.29, 0.717) is 0 Å². The van der Waals surface area contributed by atoms with Gasteiger partial charge in [0, 0.05) is 28.4 Å². The summed E-state index contributed by atoms with van der Waals surface area (Å²) in [6.45, 7) is 5.80. The van der Waals surface area contributed by atoms with Crippen molar-refractivity contribution >= 4 is 54.1 Å². The first-order valence-electron chi connectivity index (χ1n) is 19.2. The number of fused-ring (bicyclic) bond motifs is 1. The minimum absolute atomic E-state index is 0.760. The van der Waals surface area contributed by atoms with Gasteiger partial charge in [-0.2, -0.15) is 0 Å². The number of benzene rings is 5. The summed E-state index contributed by atoms with van der Waals surface area (Å²) in [4.78, 5) is 0. The molecule has 240 valence electrons. The summed E-state index contributed by atoms with van der Waals surface area (Å²) in [5.74, 6) is 0.760. The van der Waals surface area contributed by atoms with Crippen LogP contribution in [0.15, 0.2) is 60.7 Å². The van der Waals surface area contributed by atoms with Gasteiger partial charge in [0.25, 0.3) is 0 Å². The molecule has 0 radical (unpaired) electrons. The maximum Gasteiger partial charge on any atom is 0.0498 e. The van der Waals surface area contributed by atoms with Crippen molar-refractivity contribution in [3.8, 4) is 0 Å². The second-order valence-corrected chi connectivity index (χ2v) is 14.4. The maximum absolute atomic E-state index is 2.74. The highest BCUT2D eigenvalue weighted by Gasteiger charge is 2.22. The Morgan fingerprint density at radius 3 is 1.24 bits per heavy atom. The standard InChI is InChI=1S/C44H59N/c1-3-5-7-9-11-13-14-16-18-20-24-34(23-19-17-15-12-10-8-6-4-2)33-45-39-31-29-35-25-21-27-37-38-28-22-26-36-30-32-40(45)44(42(36)38)43(39)41(35)37/h21-22,25-32,34H,3-20,23-24,33H2,1-2H3. The molecule has 6 rings (SSSR count). The van der Waals surface area contributed by atoms with Crippen LogP contribution in [0.3, 0.4) is 0 Å².